The van der Waals surface area contributed by atoms with Crippen molar-refractivity contribution in [1.29, 1.82) is 5.41 Å². The summed E-state index contributed by atoms with van der Waals surface area (Å²) in [6, 6.07) is 21.7. The van der Waals surface area contributed by atoms with Gasteiger partial charge in [0.1, 0.15) is 5.84 Å². The highest BCUT2D eigenvalue weighted by molar-refractivity contribution is 7.89. The number of hydrogen-bond acceptors (Lipinski definition) is 4. The molecular weight excluding hydrogens is 484 g/mol. The Morgan fingerprint density at radius 2 is 1.71 bits per heavy atom. The molecule has 4 N–H and O–H groups in total. The largest absolute Gasteiger partial charge is 0.384 e. The number of nitrogens with zero attached hydrogens (tertiary/aromatic N) is 1. The monoisotopic (exact) mass is 512 g/mol. The normalized spacial score (nSPS) is 13.0. The van der Waals surface area contributed by atoms with Gasteiger partial charge in [-0.3, -0.25) is 10.2 Å². The van der Waals surface area contributed by atoms with Crippen molar-refractivity contribution in [1.82, 2.24) is 4.72 Å². The van der Waals surface area contributed by atoms with E-state index >= 15 is 0 Å². The molecule has 0 atom stereocenters. The molecule has 0 aliphatic carbocycles. The number of sulfonamides is 1. The second-order valence-electron chi connectivity index (χ2n) is 8.36. The molecule has 1 aliphatic heterocycles. The van der Waals surface area contributed by atoms with E-state index in [2.05, 4.69) is 4.72 Å². The Hall–Kier alpha value is -3.20. The van der Waals surface area contributed by atoms with Crippen molar-refractivity contribution in [3.05, 3.63) is 95.1 Å². The predicted molar refractivity (Wildman–Crippen MR) is 141 cm³/mol. The highest BCUT2D eigenvalue weighted by Gasteiger charge is 2.24. The summed E-state index contributed by atoms with van der Waals surface area (Å²) < 4.78 is 28.3. The molecule has 0 bridgehead atoms. The number of anilines is 1. The number of nitrogens with one attached hydrogen (secondary N) is 2. The van der Waals surface area contributed by atoms with E-state index in [4.69, 9.17) is 11.1 Å². The highest BCUT2D eigenvalue weighted by Crippen LogP contribution is 2.30. The summed E-state index contributed by atoms with van der Waals surface area (Å²) >= 11 is 0. The average molecular weight is 513 g/mol. The summed E-state index contributed by atoms with van der Waals surface area (Å²) in [6.07, 6.45) is 2.44. The first-order chi connectivity index (χ1) is 16.3. The first-order valence-electron chi connectivity index (χ1n) is 11.2. The maximum Gasteiger partial charge on any atom is 0.240 e. The van der Waals surface area contributed by atoms with Gasteiger partial charge in [-0.2, -0.15) is 0 Å². The number of aryl methyl sites for hydroxylation is 2. The molecule has 0 saturated carbocycles. The molecule has 7 nitrogen and oxygen atoms in total. The van der Waals surface area contributed by atoms with Gasteiger partial charge in [-0.05, 0) is 54.2 Å². The van der Waals surface area contributed by atoms with Gasteiger partial charge in [-0.25, -0.2) is 13.1 Å². The molecule has 0 fully saturated rings. The number of carbonyl (C=O) groups is 1. The summed E-state index contributed by atoms with van der Waals surface area (Å²) in [4.78, 5) is 15.0. The molecule has 0 unspecified atom stereocenters. The van der Waals surface area contributed by atoms with Crippen LogP contribution in [0.25, 0.3) is 0 Å². The molecule has 184 valence electrons. The number of nitrogens with two attached hydrogens (primary N) is 1. The van der Waals surface area contributed by atoms with Crippen molar-refractivity contribution in [3.8, 4) is 0 Å². The lowest BCUT2D eigenvalue weighted by molar-refractivity contribution is -0.118. The zero-order valence-electron chi connectivity index (χ0n) is 19.2. The zero-order chi connectivity index (χ0) is 24.1. The molecule has 3 aromatic carbocycles. The maximum atomic E-state index is 13.0. The van der Waals surface area contributed by atoms with Crippen molar-refractivity contribution in [2.45, 2.75) is 37.1 Å². The molecule has 0 saturated heterocycles. The third-order valence-corrected chi connectivity index (χ3v) is 7.38. The fourth-order valence-electron chi connectivity index (χ4n) is 4.09. The molecule has 0 spiro atoms. The van der Waals surface area contributed by atoms with Crippen LogP contribution in [0.15, 0.2) is 77.7 Å². The fourth-order valence-corrected chi connectivity index (χ4v) is 5.16. The number of nitrogen functional groups attached to an aromatic ring is 1. The van der Waals surface area contributed by atoms with E-state index in [1.165, 1.54) is 0 Å². The minimum atomic E-state index is -3.66. The summed E-state index contributed by atoms with van der Waals surface area (Å²) in [5, 5.41) is 7.47. The molecule has 3 aromatic rings. The van der Waals surface area contributed by atoms with E-state index in [-0.39, 0.29) is 35.6 Å². The molecule has 35 heavy (non-hydrogen) atoms. The van der Waals surface area contributed by atoms with Gasteiger partial charge in [0.25, 0.3) is 0 Å². The predicted octanol–water partition coefficient (Wildman–Crippen LogP) is 3.78. The van der Waals surface area contributed by atoms with Gasteiger partial charge in [-0.15, -0.1) is 12.4 Å². The van der Waals surface area contributed by atoms with Crippen LogP contribution in [0.1, 0.15) is 35.1 Å². The summed E-state index contributed by atoms with van der Waals surface area (Å²) in [5.41, 5.74) is 9.69. The van der Waals surface area contributed by atoms with Gasteiger partial charge in [-0.1, -0.05) is 54.6 Å². The standard InChI is InChI=1S/C26H28N4O3S.ClH/c27-26(28)21-11-8-19(9-12-21)10-15-25(31)30-16-4-7-22-17-23(13-14-24(22)30)34(32,33)29-18-20-5-2-1-3-6-20;/h1-3,5-6,8-9,11-14,17,29H,4,7,10,15-16,18H2,(H3,27,28);1H. The van der Waals surface area contributed by atoms with Crippen LogP contribution in [0.5, 0.6) is 0 Å². The number of amidine groups is 1. The first kappa shape index (κ1) is 26.4. The average Bonchev–Trinajstić information content (AvgIpc) is 2.86. The molecule has 4 rings (SSSR count). The summed E-state index contributed by atoms with van der Waals surface area (Å²) in [5.74, 6) is 0.0265. The topological polar surface area (TPSA) is 116 Å². The van der Waals surface area contributed by atoms with Crippen LogP contribution in [-0.4, -0.2) is 26.7 Å². The van der Waals surface area contributed by atoms with Crippen LogP contribution in [0.3, 0.4) is 0 Å². The molecule has 1 amide bonds. The lowest BCUT2D eigenvalue weighted by Crippen LogP contribution is -2.35. The van der Waals surface area contributed by atoms with Crippen LogP contribution in [-0.2, 0) is 34.2 Å². The van der Waals surface area contributed by atoms with E-state index in [1.54, 1.807) is 35.2 Å². The van der Waals surface area contributed by atoms with Crippen molar-refractivity contribution in [3.63, 3.8) is 0 Å². The fraction of sp³-hybridized carbons (Fsp3) is 0.231. The first-order valence-corrected chi connectivity index (χ1v) is 12.7. The summed E-state index contributed by atoms with van der Waals surface area (Å²) in [6.45, 7) is 0.839. The number of rotatable bonds is 8. The van der Waals surface area contributed by atoms with Crippen LogP contribution in [0.2, 0.25) is 0 Å². The van der Waals surface area contributed by atoms with E-state index in [9.17, 15) is 13.2 Å². The minimum absolute atomic E-state index is 0. The van der Waals surface area contributed by atoms with E-state index in [0.717, 1.165) is 35.2 Å². The van der Waals surface area contributed by atoms with Gasteiger partial charge in [0, 0.05) is 30.8 Å². The lowest BCUT2D eigenvalue weighted by atomic mass is 10.0. The number of carbonyl (C=O) groups excluding carboxylic acids is 1. The smallest absolute Gasteiger partial charge is 0.240 e. The molecule has 9 heteroatoms. The van der Waals surface area contributed by atoms with Gasteiger partial charge in [0.15, 0.2) is 0 Å². The van der Waals surface area contributed by atoms with Gasteiger partial charge in [0.05, 0.1) is 4.90 Å². The van der Waals surface area contributed by atoms with Crippen molar-refractivity contribution in [2.75, 3.05) is 11.4 Å². The number of amides is 1. The third-order valence-electron chi connectivity index (χ3n) is 5.98. The molecule has 0 aromatic heterocycles. The van der Waals surface area contributed by atoms with E-state index in [0.29, 0.717) is 24.9 Å². The van der Waals surface area contributed by atoms with Gasteiger partial charge in [0.2, 0.25) is 15.9 Å². The number of hydrogen-bond donors (Lipinski definition) is 3. The van der Waals surface area contributed by atoms with Crippen molar-refractivity contribution in [2.24, 2.45) is 5.73 Å². The van der Waals surface area contributed by atoms with Crippen LogP contribution < -0.4 is 15.4 Å². The van der Waals surface area contributed by atoms with Gasteiger partial charge >= 0.3 is 0 Å². The lowest BCUT2D eigenvalue weighted by Gasteiger charge is -2.30. The Morgan fingerprint density at radius 1 is 1.00 bits per heavy atom. The molecular formula is C26H29ClN4O3S. The number of halogens is 1. The number of benzene rings is 3. The Balaban J connectivity index is 0.00000342. The van der Waals surface area contributed by atoms with Crippen molar-refractivity contribution >= 4 is 39.9 Å². The van der Waals surface area contributed by atoms with Crippen molar-refractivity contribution < 1.29 is 13.2 Å². The SMILES string of the molecule is Cl.N=C(N)c1ccc(CCC(=O)N2CCCc3cc(S(=O)(=O)NCc4ccccc4)ccc32)cc1. The highest BCUT2D eigenvalue weighted by atomic mass is 35.5. The Kier molecular flexibility index (Phi) is 8.67. The Morgan fingerprint density at radius 3 is 2.40 bits per heavy atom. The maximum absolute atomic E-state index is 13.0. The van der Waals surface area contributed by atoms with Gasteiger partial charge < -0.3 is 10.6 Å². The van der Waals surface area contributed by atoms with E-state index in [1.807, 2.05) is 42.5 Å². The van der Waals surface area contributed by atoms with Crippen LogP contribution in [0, 0.1) is 5.41 Å². The second-order valence-corrected chi connectivity index (χ2v) is 10.1. The minimum Gasteiger partial charge on any atom is -0.384 e. The van der Waals surface area contributed by atoms with E-state index < -0.39 is 10.0 Å². The molecule has 1 heterocycles. The molecule has 1 aliphatic rings. The van der Waals surface area contributed by atoms with Crippen LogP contribution in [0.4, 0.5) is 5.69 Å². The second kappa shape index (κ2) is 11.5. The summed E-state index contributed by atoms with van der Waals surface area (Å²) in [7, 11) is -3.66. The quantitative estimate of drug-likeness (QED) is 0.314. The number of fused-ring (bicyclic) bond motifs is 1. The van der Waals surface area contributed by atoms with Crippen LogP contribution >= 0.6 is 12.4 Å². The Bertz CT molecular complexity index is 1300. The zero-order valence-corrected chi connectivity index (χ0v) is 20.9. The molecule has 0 radical (unpaired) electrons. The Labute approximate surface area is 212 Å². The third kappa shape index (κ3) is 6.48.